The molecule has 0 spiro atoms. The molecule has 2 aromatic carbocycles. The zero-order chi connectivity index (χ0) is 15.7. The van der Waals surface area contributed by atoms with E-state index in [0.717, 1.165) is 0 Å². The van der Waals surface area contributed by atoms with Crippen LogP contribution in [0.2, 0.25) is 0 Å². The number of nitrogens with zero attached hydrogens (tertiary/aromatic N) is 1. The smallest absolute Gasteiger partial charge is 0.344 e. The van der Waals surface area contributed by atoms with E-state index >= 15 is 0 Å². The van der Waals surface area contributed by atoms with E-state index < -0.39 is 10.9 Å². The number of benzene rings is 2. The minimum Gasteiger partial charge on any atom is -0.422 e. The van der Waals surface area contributed by atoms with Gasteiger partial charge in [-0.1, -0.05) is 24.3 Å². The van der Waals surface area contributed by atoms with Crippen LogP contribution in [0.25, 0.3) is 11.6 Å². The van der Waals surface area contributed by atoms with Crippen LogP contribution in [-0.2, 0) is 4.79 Å². The van der Waals surface area contributed by atoms with Gasteiger partial charge in [0.1, 0.15) is 11.4 Å². The van der Waals surface area contributed by atoms with Crippen LogP contribution in [0.4, 0.5) is 11.4 Å². The number of carbonyl (C=O) groups is 1. The number of nitro groups is 1. The van der Waals surface area contributed by atoms with Gasteiger partial charge in [-0.25, -0.2) is 4.79 Å². The van der Waals surface area contributed by atoms with Crippen LogP contribution >= 0.6 is 0 Å². The minimum absolute atomic E-state index is 0.0449. The van der Waals surface area contributed by atoms with Gasteiger partial charge in [-0.3, -0.25) is 10.1 Å². The van der Waals surface area contributed by atoms with Crippen molar-refractivity contribution >= 4 is 29.0 Å². The van der Waals surface area contributed by atoms with Gasteiger partial charge in [0, 0.05) is 18.7 Å². The standard InChI is InChI=1S/C16H12N2O4/c1-17-13-7-6-10(9-14(13)18(20)21)8-12-11-4-2-3-5-15(11)22-16(12)19/h2-9,17H,1H3. The monoisotopic (exact) mass is 296 g/mol. The number of hydrogen-bond acceptors (Lipinski definition) is 5. The maximum absolute atomic E-state index is 11.9. The van der Waals surface area contributed by atoms with Crippen molar-refractivity contribution in [1.82, 2.24) is 0 Å². The molecular formula is C16H12N2O4. The lowest BCUT2D eigenvalue weighted by Gasteiger charge is -2.03. The lowest BCUT2D eigenvalue weighted by atomic mass is 10.0. The van der Waals surface area contributed by atoms with Gasteiger partial charge >= 0.3 is 5.97 Å². The van der Waals surface area contributed by atoms with Gasteiger partial charge in [-0.15, -0.1) is 0 Å². The number of anilines is 1. The van der Waals surface area contributed by atoms with Crippen LogP contribution in [0, 0.1) is 10.1 Å². The molecule has 1 N–H and O–H groups in total. The fourth-order valence-corrected chi connectivity index (χ4v) is 2.35. The molecular weight excluding hydrogens is 284 g/mol. The van der Waals surface area contributed by atoms with Crippen molar-refractivity contribution in [3.8, 4) is 5.75 Å². The number of esters is 1. The Labute approximate surface area is 126 Å². The second-order valence-electron chi connectivity index (χ2n) is 4.73. The van der Waals surface area contributed by atoms with Crippen molar-refractivity contribution in [2.24, 2.45) is 0 Å². The van der Waals surface area contributed by atoms with Crippen molar-refractivity contribution in [1.29, 1.82) is 0 Å². The number of hydrogen-bond donors (Lipinski definition) is 1. The van der Waals surface area contributed by atoms with E-state index in [4.69, 9.17) is 4.74 Å². The lowest BCUT2D eigenvalue weighted by molar-refractivity contribution is -0.383. The average molecular weight is 296 g/mol. The highest BCUT2D eigenvalue weighted by atomic mass is 16.6. The van der Waals surface area contributed by atoms with Crippen molar-refractivity contribution in [2.75, 3.05) is 12.4 Å². The van der Waals surface area contributed by atoms with Gasteiger partial charge in [-0.05, 0) is 23.8 Å². The van der Waals surface area contributed by atoms with E-state index in [-0.39, 0.29) is 5.69 Å². The highest BCUT2D eigenvalue weighted by Crippen LogP contribution is 2.35. The predicted molar refractivity (Wildman–Crippen MR) is 82.6 cm³/mol. The van der Waals surface area contributed by atoms with Gasteiger partial charge < -0.3 is 10.1 Å². The van der Waals surface area contributed by atoms with Crippen LogP contribution in [0.15, 0.2) is 42.5 Å². The highest BCUT2D eigenvalue weighted by molar-refractivity contribution is 6.26. The minimum atomic E-state index is -0.464. The maximum atomic E-state index is 11.9. The molecule has 0 saturated heterocycles. The Bertz CT molecular complexity index is 812. The zero-order valence-electron chi connectivity index (χ0n) is 11.7. The Morgan fingerprint density at radius 2 is 2.00 bits per heavy atom. The SMILES string of the molecule is CNc1ccc(C=C2C(=O)Oc3ccccc32)cc1[N+](=O)[O-]. The molecule has 0 bridgehead atoms. The molecule has 1 aliphatic rings. The van der Waals surface area contributed by atoms with E-state index in [9.17, 15) is 14.9 Å². The third kappa shape index (κ3) is 2.31. The van der Waals surface area contributed by atoms with Crippen LogP contribution in [0.5, 0.6) is 5.75 Å². The van der Waals surface area contributed by atoms with E-state index in [0.29, 0.717) is 28.1 Å². The Balaban J connectivity index is 2.08. The topological polar surface area (TPSA) is 81.5 Å². The summed E-state index contributed by atoms with van der Waals surface area (Å²) >= 11 is 0. The Kier molecular flexibility index (Phi) is 3.34. The second-order valence-corrected chi connectivity index (χ2v) is 4.73. The number of ether oxygens (including phenoxy) is 1. The van der Waals surface area contributed by atoms with Gasteiger partial charge in [0.2, 0.25) is 0 Å². The first-order valence-corrected chi connectivity index (χ1v) is 6.59. The molecule has 2 aromatic rings. The summed E-state index contributed by atoms with van der Waals surface area (Å²) in [4.78, 5) is 22.6. The van der Waals surface area contributed by atoms with Crippen molar-refractivity contribution in [2.45, 2.75) is 0 Å². The first-order chi connectivity index (χ1) is 10.6. The molecule has 0 saturated carbocycles. The van der Waals surface area contributed by atoms with E-state index in [1.807, 2.05) is 0 Å². The quantitative estimate of drug-likeness (QED) is 0.309. The summed E-state index contributed by atoms with van der Waals surface area (Å²) in [7, 11) is 1.62. The van der Waals surface area contributed by atoms with Crippen molar-refractivity contribution in [3.63, 3.8) is 0 Å². The van der Waals surface area contributed by atoms with Gasteiger partial charge in [0.15, 0.2) is 0 Å². The van der Waals surface area contributed by atoms with Crippen molar-refractivity contribution in [3.05, 3.63) is 63.7 Å². The normalized spacial score (nSPS) is 14.6. The first kappa shape index (κ1) is 13.8. The summed E-state index contributed by atoms with van der Waals surface area (Å²) in [5.41, 5.74) is 2.02. The van der Waals surface area contributed by atoms with E-state index in [1.165, 1.54) is 6.07 Å². The second kappa shape index (κ2) is 5.33. The molecule has 1 aliphatic heterocycles. The number of para-hydroxylation sites is 1. The molecule has 0 aliphatic carbocycles. The maximum Gasteiger partial charge on any atom is 0.344 e. The predicted octanol–water partition coefficient (Wildman–Crippen LogP) is 3.10. The largest absolute Gasteiger partial charge is 0.422 e. The molecule has 22 heavy (non-hydrogen) atoms. The summed E-state index contributed by atoms with van der Waals surface area (Å²) < 4.78 is 5.16. The van der Waals surface area contributed by atoms with Gasteiger partial charge in [0.05, 0.1) is 10.5 Å². The van der Waals surface area contributed by atoms with Crippen LogP contribution < -0.4 is 10.1 Å². The first-order valence-electron chi connectivity index (χ1n) is 6.59. The number of fused-ring (bicyclic) bond motifs is 1. The zero-order valence-corrected chi connectivity index (χ0v) is 11.7. The number of nitrogens with one attached hydrogen (secondary N) is 1. The summed E-state index contributed by atoms with van der Waals surface area (Å²) in [5, 5.41) is 13.9. The Morgan fingerprint density at radius 1 is 1.23 bits per heavy atom. The van der Waals surface area contributed by atoms with E-state index in [2.05, 4.69) is 5.32 Å². The molecule has 6 heteroatoms. The number of nitro benzene ring substituents is 1. The van der Waals surface area contributed by atoms with Gasteiger partial charge in [0.25, 0.3) is 5.69 Å². The fraction of sp³-hybridized carbons (Fsp3) is 0.0625. The average Bonchev–Trinajstić information content (AvgIpc) is 2.83. The lowest BCUT2D eigenvalue weighted by Crippen LogP contribution is -2.00. The third-order valence-electron chi connectivity index (χ3n) is 3.40. The summed E-state index contributed by atoms with van der Waals surface area (Å²) in [6.07, 6.45) is 1.60. The number of carbonyl (C=O) groups excluding carboxylic acids is 1. The molecule has 0 amide bonds. The van der Waals surface area contributed by atoms with Crippen molar-refractivity contribution < 1.29 is 14.5 Å². The molecule has 0 fully saturated rings. The van der Waals surface area contributed by atoms with Crippen LogP contribution in [-0.4, -0.2) is 17.9 Å². The Morgan fingerprint density at radius 3 is 2.73 bits per heavy atom. The molecule has 0 radical (unpaired) electrons. The molecule has 3 rings (SSSR count). The third-order valence-corrected chi connectivity index (χ3v) is 3.40. The highest BCUT2D eigenvalue weighted by Gasteiger charge is 2.26. The summed E-state index contributed by atoms with van der Waals surface area (Å²) in [5.74, 6) is 0.0432. The van der Waals surface area contributed by atoms with Crippen LogP contribution in [0.3, 0.4) is 0 Å². The molecule has 110 valence electrons. The molecule has 0 unspecified atom stereocenters. The Hall–Kier alpha value is -3.15. The fourth-order valence-electron chi connectivity index (χ4n) is 2.35. The molecule has 6 nitrogen and oxygen atoms in total. The molecule has 0 atom stereocenters. The van der Waals surface area contributed by atoms with Gasteiger partial charge in [-0.2, -0.15) is 0 Å². The summed E-state index contributed by atoms with van der Waals surface area (Å²) in [6, 6.07) is 11.8. The van der Waals surface area contributed by atoms with Crippen LogP contribution in [0.1, 0.15) is 11.1 Å². The molecule has 0 aromatic heterocycles. The van der Waals surface area contributed by atoms with E-state index in [1.54, 1.807) is 49.5 Å². The summed E-state index contributed by atoms with van der Waals surface area (Å²) in [6.45, 7) is 0. The molecule has 1 heterocycles. The number of rotatable bonds is 3.